The summed E-state index contributed by atoms with van der Waals surface area (Å²) in [6, 6.07) is 23.4. The Labute approximate surface area is 205 Å². The van der Waals surface area contributed by atoms with Gasteiger partial charge in [-0.25, -0.2) is 0 Å². The maximum absolute atomic E-state index is 11.1. The van der Waals surface area contributed by atoms with Gasteiger partial charge in [-0.15, -0.1) is 0 Å². The van der Waals surface area contributed by atoms with E-state index in [2.05, 4.69) is 35.2 Å². The van der Waals surface area contributed by atoms with Crippen LogP contribution in [0.1, 0.15) is 22.3 Å². The summed E-state index contributed by atoms with van der Waals surface area (Å²) in [5.41, 5.74) is 3.82. The number of carboxylic acid groups (broad SMARTS) is 1. The zero-order valence-electron chi connectivity index (χ0n) is 18.9. The fourth-order valence-electron chi connectivity index (χ4n) is 4.02. The minimum Gasteiger partial charge on any atom is -0.489 e. The van der Waals surface area contributed by atoms with Gasteiger partial charge in [-0.05, 0) is 41.0 Å². The SMILES string of the molecule is O=C(O)Cc1ccccc1OCc1cc(Cl)cc(/C=C/C2CN(Cc3ccccc3)CCO2)c1. The van der Waals surface area contributed by atoms with Crippen LogP contribution in [-0.4, -0.2) is 41.8 Å². The van der Waals surface area contributed by atoms with E-state index in [0.717, 1.165) is 30.8 Å². The largest absolute Gasteiger partial charge is 0.489 e. The summed E-state index contributed by atoms with van der Waals surface area (Å²) in [6.45, 7) is 3.66. The quantitative estimate of drug-likeness (QED) is 0.443. The van der Waals surface area contributed by atoms with E-state index in [1.165, 1.54) is 5.56 Å². The first kappa shape index (κ1) is 24.0. The average Bonchev–Trinajstić information content (AvgIpc) is 2.82. The van der Waals surface area contributed by atoms with Crippen molar-refractivity contribution in [3.8, 4) is 5.75 Å². The number of hydrogen-bond donors (Lipinski definition) is 1. The highest BCUT2D eigenvalue weighted by Gasteiger charge is 2.18. The van der Waals surface area contributed by atoms with Crippen LogP contribution in [0.3, 0.4) is 0 Å². The molecule has 0 spiro atoms. The standard InChI is InChI=1S/C28H28ClNO4/c29-25-15-22(10-11-26-19-30(12-13-33-26)18-21-6-2-1-3-7-21)14-23(16-25)20-34-27-9-5-4-8-24(27)17-28(31)32/h1-11,14-16,26H,12-13,17-20H2,(H,31,32)/b11-10+. The Kier molecular flexibility index (Phi) is 8.36. The summed E-state index contributed by atoms with van der Waals surface area (Å²) >= 11 is 6.36. The van der Waals surface area contributed by atoms with Crippen molar-refractivity contribution in [2.75, 3.05) is 19.7 Å². The molecule has 1 heterocycles. The van der Waals surface area contributed by atoms with E-state index in [9.17, 15) is 4.79 Å². The van der Waals surface area contributed by atoms with E-state index in [1.54, 1.807) is 12.1 Å². The number of nitrogens with zero attached hydrogens (tertiary/aromatic N) is 1. The molecule has 176 valence electrons. The van der Waals surface area contributed by atoms with Crippen molar-refractivity contribution in [2.45, 2.75) is 25.7 Å². The van der Waals surface area contributed by atoms with Gasteiger partial charge in [-0.3, -0.25) is 9.69 Å². The summed E-state index contributed by atoms with van der Waals surface area (Å²) in [4.78, 5) is 13.5. The number of hydrogen-bond acceptors (Lipinski definition) is 4. The van der Waals surface area contributed by atoms with Crippen molar-refractivity contribution >= 4 is 23.6 Å². The van der Waals surface area contributed by atoms with Crippen molar-refractivity contribution in [3.63, 3.8) is 0 Å². The molecule has 1 aliphatic heterocycles. The Morgan fingerprint density at radius 2 is 1.88 bits per heavy atom. The van der Waals surface area contributed by atoms with Gasteiger partial charge >= 0.3 is 5.97 Å². The highest BCUT2D eigenvalue weighted by Crippen LogP contribution is 2.23. The second-order valence-electron chi connectivity index (χ2n) is 8.35. The number of morpholine rings is 1. The van der Waals surface area contributed by atoms with Gasteiger partial charge in [-0.1, -0.05) is 72.3 Å². The first-order valence-corrected chi connectivity index (χ1v) is 11.7. The van der Waals surface area contributed by atoms with Crippen molar-refractivity contribution in [3.05, 3.63) is 106 Å². The molecule has 3 aromatic carbocycles. The molecular formula is C28H28ClNO4. The molecule has 0 aromatic heterocycles. The van der Waals surface area contributed by atoms with Crippen molar-refractivity contribution < 1.29 is 19.4 Å². The van der Waals surface area contributed by atoms with Crippen molar-refractivity contribution in [2.24, 2.45) is 0 Å². The Morgan fingerprint density at radius 1 is 1.09 bits per heavy atom. The topological polar surface area (TPSA) is 59.0 Å². The maximum Gasteiger partial charge on any atom is 0.307 e. The number of rotatable bonds is 9. The predicted molar refractivity (Wildman–Crippen MR) is 134 cm³/mol. The Balaban J connectivity index is 1.38. The van der Waals surface area contributed by atoms with E-state index >= 15 is 0 Å². The van der Waals surface area contributed by atoms with Gasteiger partial charge in [0.15, 0.2) is 0 Å². The molecule has 0 radical (unpaired) electrons. The highest BCUT2D eigenvalue weighted by atomic mass is 35.5. The average molecular weight is 478 g/mol. The van der Waals surface area contributed by atoms with Crippen LogP contribution >= 0.6 is 11.6 Å². The molecule has 4 rings (SSSR count). The first-order chi connectivity index (χ1) is 16.5. The predicted octanol–water partition coefficient (Wildman–Crippen LogP) is 5.46. The van der Waals surface area contributed by atoms with Crippen molar-refractivity contribution in [1.82, 2.24) is 4.90 Å². The van der Waals surface area contributed by atoms with Crippen molar-refractivity contribution in [1.29, 1.82) is 0 Å². The van der Waals surface area contributed by atoms with E-state index in [4.69, 9.17) is 26.2 Å². The highest BCUT2D eigenvalue weighted by molar-refractivity contribution is 6.30. The molecule has 1 atom stereocenters. The lowest BCUT2D eigenvalue weighted by molar-refractivity contribution is -0.136. The van der Waals surface area contributed by atoms with Crippen LogP contribution in [-0.2, 0) is 29.1 Å². The summed E-state index contributed by atoms with van der Waals surface area (Å²) in [5.74, 6) is -0.324. The normalized spacial score (nSPS) is 16.6. The maximum atomic E-state index is 11.1. The van der Waals surface area contributed by atoms with E-state index in [-0.39, 0.29) is 12.5 Å². The molecule has 1 fully saturated rings. The van der Waals surface area contributed by atoms with E-state index < -0.39 is 5.97 Å². The third kappa shape index (κ3) is 7.19. The summed E-state index contributed by atoms with van der Waals surface area (Å²) in [6.07, 6.45) is 4.04. The summed E-state index contributed by atoms with van der Waals surface area (Å²) < 4.78 is 11.9. The lowest BCUT2D eigenvalue weighted by atomic mass is 10.1. The third-order valence-electron chi connectivity index (χ3n) is 5.62. The van der Waals surface area contributed by atoms with Crippen LogP contribution in [0, 0.1) is 0 Å². The van der Waals surface area contributed by atoms with Crippen LogP contribution in [0.4, 0.5) is 0 Å². The summed E-state index contributed by atoms with van der Waals surface area (Å²) in [5, 5.41) is 9.73. The molecule has 1 N–H and O–H groups in total. The molecule has 0 saturated carbocycles. The molecule has 1 saturated heterocycles. The van der Waals surface area contributed by atoms with E-state index in [1.807, 2.05) is 42.5 Å². The smallest absolute Gasteiger partial charge is 0.307 e. The second-order valence-corrected chi connectivity index (χ2v) is 8.79. The molecule has 1 unspecified atom stereocenters. The van der Waals surface area contributed by atoms with Gasteiger partial charge in [0.2, 0.25) is 0 Å². The van der Waals surface area contributed by atoms with Gasteiger partial charge in [0.1, 0.15) is 12.4 Å². The molecular weight excluding hydrogens is 450 g/mol. The van der Waals surface area contributed by atoms with Crippen LogP contribution in [0.5, 0.6) is 5.75 Å². The number of ether oxygens (including phenoxy) is 2. The molecule has 0 amide bonds. The number of halogens is 1. The van der Waals surface area contributed by atoms with Crippen LogP contribution in [0.25, 0.3) is 6.08 Å². The van der Waals surface area contributed by atoms with Gasteiger partial charge in [0.25, 0.3) is 0 Å². The number of benzene rings is 3. The zero-order valence-corrected chi connectivity index (χ0v) is 19.7. The fourth-order valence-corrected chi connectivity index (χ4v) is 4.29. The monoisotopic (exact) mass is 477 g/mol. The second kappa shape index (κ2) is 11.8. The molecule has 1 aliphatic rings. The number of para-hydroxylation sites is 1. The minimum absolute atomic E-state index is 0.0130. The van der Waals surface area contributed by atoms with Gasteiger partial charge in [-0.2, -0.15) is 0 Å². The lowest BCUT2D eigenvalue weighted by Crippen LogP contribution is -2.41. The van der Waals surface area contributed by atoms with Crippen LogP contribution in [0.2, 0.25) is 5.02 Å². The third-order valence-corrected chi connectivity index (χ3v) is 5.84. The van der Waals surface area contributed by atoms with Crippen LogP contribution in [0.15, 0.2) is 78.9 Å². The van der Waals surface area contributed by atoms with Crippen LogP contribution < -0.4 is 4.74 Å². The Morgan fingerprint density at radius 3 is 2.71 bits per heavy atom. The van der Waals surface area contributed by atoms with E-state index in [0.29, 0.717) is 29.5 Å². The number of carboxylic acids is 1. The lowest BCUT2D eigenvalue weighted by Gasteiger charge is -2.31. The molecule has 5 nitrogen and oxygen atoms in total. The fraction of sp³-hybridized carbons (Fsp3) is 0.250. The molecule has 6 heteroatoms. The Bertz CT molecular complexity index is 1130. The summed E-state index contributed by atoms with van der Waals surface area (Å²) in [7, 11) is 0. The first-order valence-electron chi connectivity index (χ1n) is 11.3. The van der Waals surface area contributed by atoms with Gasteiger partial charge < -0.3 is 14.6 Å². The molecule has 34 heavy (non-hydrogen) atoms. The number of aliphatic carboxylic acids is 1. The Hall–Kier alpha value is -3.12. The zero-order chi connectivity index (χ0) is 23.8. The minimum atomic E-state index is -0.890. The van der Waals surface area contributed by atoms with Gasteiger partial charge in [0, 0.05) is 30.2 Å². The molecule has 0 bridgehead atoms. The molecule has 0 aliphatic carbocycles. The van der Waals surface area contributed by atoms with Gasteiger partial charge in [0.05, 0.1) is 19.1 Å². The molecule has 3 aromatic rings. The number of carbonyl (C=O) groups is 1.